The molecular weight excluding hydrogens is 390 g/mol. The van der Waals surface area contributed by atoms with Crippen molar-refractivity contribution in [2.45, 2.75) is 39.8 Å². The molecule has 1 aromatic heterocycles. The number of pyridine rings is 1. The van der Waals surface area contributed by atoms with Gasteiger partial charge in [-0.2, -0.15) is 0 Å². The van der Waals surface area contributed by atoms with E-state index in [1.165, 1.54) is 0 Å². The largest absolute Gasteiger partial charge is 0.449 e. The first-order valence-electron chi connectivity index (χ1n) is 10.7. The van der Waals surface area contributed by atoms with Gasteiger partial charge in [0.2, 0.25) is 0 Å². The summed E-state index contributed by atoms with van der Waals surface area (Å²) >= 11 is 0. The average Bonchev–Trinajstić information content (AvgIpc) is 2.76. The van der Waals surface area contributed by atoms with E-state index in [1.54, 1.807) is 6.92 Å². The van der Waals surface area contributed by atoms with Crippen LogP contribution in [0.25, 0.3) is 10.9 Å². The molecule has 1 amide bonds. The summed E-state index contributed by atoms with van der Waals surface area (Å²) in [5, 5.41) is 3.58. The molecule has 6 heteroatoms. The minimum absolute atomic E-state index is 0.360. The molecule has 0 spiro atoms. The summed E-state index contributed by atoms with van der Waals surface area (Å²) in [5.41, 5.74) is 4.86. The Hall–Kier alpha value is -3.25. The highest BCUT2D eigenvalue weighted by atomic mass is 16.5. The number of fused-ring (bicyclic) bond motifs is 2. The van der Waals surface area contributed by atoms with Crippen molar-refractivity contribution >= 4 is 28.5 Å². The van der Waals surface area contributed by atoms with Gasteiger partial charge in [0.1, 0.15) is 0 Å². The van der Waals surface area contributed by atoms with Crippen LogP contribution < -0.4 is 5.32 Å². The molecule has 0 fully saturated rings. The summed E-state index contributed by atoms with van der Waals surface area (Å²) in [5.74, 6) is -0.846. The van der Waals surface area contributed by atoms with Crippen LogP contribution in [0.15, 0.2) is 48.5 Å². The first kappa shape index (κ1) is 21.0. The topological polar surface area (TPSA) is 71.5 Å². The van der Waals surface area contributed by atoms with Crippen molar-refractivity contribution in [2.75, 3.05) is 18.4 Å². The van der Waals surface area contributed by atoms with Gasteiger partial charge < -0.3 is 10.1 Å². The molecule has 160 valence electrons. The van der Waals surface area contributed by atoms with Crippen molar-refractivity contribution in [1.82, 2.24) is 9.88 Å². The van der Waals surface area contributed by atoms with Crippen LogP contribution in [0, 0.1) is 6.92 Å². The lowest BCUT2D eigenvalue weighted by Gasteiger charge is -2.29. The zero-order valence-electron chi connectivity index (χ0n) is 18.1. The van der Waals surface area contributed by atoms with Gasteiger partial charge in [-0.1, -0.05) is 37.3 Å². The Morgan fingerprint density at radius 2 is 2.00 bits per heavy atom. The summed E-state index contributed by atoms with van der Waals surface area (Å²) in [6.45, 7) is 8.12. The van der Waals surface area contributed by atoms with E-state index in [9.17, 15) is 9.59 Å². The predicted molar refractivity (Wildman–Crippen MR) is 121 cm³/mol. The molecule has 2 aromatic carbocycles. The molecule has 1 N–H and O–H groups in total. The zero-order chi connectivity index (χ0) is 22.0. The maximum Gasteiger partial charge on any atom is 0.339 e. The van der Waals surface area contributed by atoms with Gasteiger partial charge in [-0.3, -0.25) is 14.7 Å². The number of benzene rings is 2. The van der Waals surface area contributed by atoms with E-state index >= 15 is 0 Å². The summed E-state index contributed by atoms with van der Waals surface area (Å²) in [7, 11) is 0. The number of nitrogens with zero attached hydrogens (tertiary/aromatic N) is 2. The fourth-order valence-corrected chi connectivity index (χ4v) is 3.99. The number of likely N-dealkylation sites (N-methyl/N-ethyl adjacent to an activating group) is 1. The second-order valence-corrected chi connectivity index (χ2v) is 7.95. The molecule has 0 radical (unpaired) electrons. The number of hydrogen-bond acceptors (Lipinski definition) is 5. The van der Waals surface area contributed by atoms with Gasteiger partial charge in [-0.05, 0) is 44.2 Å². The Bertz CT molecular complexity index is 1140. The molecule has 1 unspecified atom stereocenters. The molecule has 4 rings (SSSR count). The third-order valence-electron chi connectivity index (χ3n) is 5.72. The molecule has 0 saturated heterocycles. The Morgan fingerprint density at radius 3 is 2.77 bits per heavy atom. The van der Waals surface area contributed by atoms with Crippen molar-refractivity contribution in [1.29, 1.82) is 0 Å². The van der Waals surface area contributed by atoms with Gasteiger partial charge >= 0.3 is 5.97 Å². The van der Waals surface area contributed by atoms with Crippen molar-refractivity contribution < 1.29 is 14.3 Å². The van der Waals surface area contributed by atoms with E-state index in [0.29, 0.717) is 17.8 Å². The maximum absolute atomic E-state index is 13.3. The highest BCUT2D eigenvalue weighted by Gasteiger charge is 2.28. The van der Waals surface area contributed by atoms with Crippen LogP contribution in [0.3, 0.4) is 0 Å². The van der Waals surface area contributed by atoms with Crippen molar-refractivity contribution in [2.24, 2.45) is 0 Å². The Balaban J connectivity index is 1.61. The van der Waals surface area contributed by atoms with Gasteiger partial charge in [0.25, 0.3) is 5.91 Å². The van der Waals surface area contributed by atoms with Gasteiger partial charge in [0.15, 0.2) is 6.10 Å². The smallest absolute Gasteiger partial charge is 0.339 e. The number of aryl methyl sites for hydroxylation is 1. The summed E-state index contributed by atoms with van der Waals surface area (Å²) in [6.07, 6.45) is -0.140. The number of nitrogens with one attached hydrogen (secondary N) is 1. The highest BCUT2D eigenvalue weighted by molar-refractivity contribution is 6.06. The molecule has 2 heterocycles. The van der Waals surface area contributed by atoms with Crippen LogP contribution in [0.2, 0.25) is 0 Å². The summed E-state index contributed by atoms with van der Waals surface area (Å²) in [4.78, 5) is 33.0. The molecule has 1 aliphatic rings. The van der Waals surface area contributed by atoms with Crippen LogP contribution in [0.4, 0.5) is 5.69 Å². The lowest BCUT2D eigenvalue weighted by Crippen LogP contribution is -2.34. The van der Waals surface area contributed by atoms with E-state index in [2.05, 4.69) is 17.1 Å². The lowest BCUT2D eigenvalue weighted by atomic mass is 9.95. The quantitative estimate of drug-likeness (QED) is 0.633. The average molecular weight is 418 g/mol. The SMILES string of the molecule is CCN1CCc2nc3ccccc3c(C(=O)OC(C)C(=O)Nc3cccc(C)c3)c2C1. The van der Waals surface area contributed by atoms with E-state index in [0.717, 1.165) is 47.2 Å². The number of hydrogen-bond donors (Lipinski definition) is 1. The van der Waals surface area contributed by atoms with Crippen LogP contribution in [-0.2, 0) is 22.5 Å². The normalized spacial score (nSPS) is 14.7. The molecule has 31 heavy (non-hydrogen) atoms. The molecule has 0 saturated carbocycles. The number of carbonyl (C=O) groups is 2. The van der Waals surface area contributed by atoms with E-state index in [1.807, 2.05) is 55.5 Å². The minimum Gasteiger partial charge on any atom is -0.449 e. The van der Waals surface area contributed by atoms with Crippen molar-refractivity contribution in [3.05, 3.63) is 70.9 Å². The fraction of sp³-hybridized carbons (Fsp3) is 0.320. The number of ether oxygens (including phenoxy) is 1. The van der Waals surface area contributed by atoms with Crippen LogP contribution in [-0.4, -0.2) is 41.0 Å². The zero-order valence-corrected chi connectivity index (χ0v) is 18.1. The third-order valence-corrected chi connectivity index (χ3v) is 5.72. The standard InChI is InChI=1S/C25H27N3O3/c1-4-28-13-12-22-20(15-28)23(19-10-5-6-11-21(19)27-22)25(30)31-17(3)24(29)26-18-9-7-8-16(2)14-18/h5-11,14,17H,4,12-13,15H2,1-3H3,(H,26,29). The number of aromatic nitrogens is 1. The third kappa shape index (κ3) is 4.44. The molecule has 6 nitrogen and oxygen atoms in total. The highest BCUT2D eigenvalue weighted by Crippen LogP contribution is 2.29. The first-order valence-corrected chi connectivity index (χ1v) is 10.7. The van der Waals surface area contributed by atoms with Gasteiger partial charge in [0, 0.05) is 41.8 Å². The van der Waals surface area contributed by atoms with E-state index < -0.39 is 12.1 Å². The second-order valence-electron chi connectivity index (χ2n) is 7.95. The number of esters is 1. The Morgan fingerprint density at radius 1 is 1.19 bits per heavy atom. The van der Waals surface area contributed by atoms with E-state index in [-0.39, 0.29) is 5.91 Å². The fourth-order valence-electron chi connectivity index (χ4n) is 3.99. The summed E-state index contributed by atoms with van der Waals surface area (Å²) in [6, 6.07) is 15.1. The molecule has 0 bridgehead atoms. The minimum atomic E-state index is -0.929. The molecule has 0 aliphatic carbocycles. The van der Waals surface area contributed by atoms with Gasteiger partial charge in [0.05, 0.1) is 11.1 Å². The molecule has 1 atom stereocenters. The second kappa shape index (κ2) is 8.86. The van der Waals surface area contributed by atoms with Crippen LogP contribution in [0.5, 0.6) is 0 Å². The Kier molecular flexibility index (Phi) is 6.00. The summed E-state index contributed by atoms with van der Waals surface area (Å²) < 4.78 is 5.65. The van der Waals surface area contributed by atoms with Crippen molar-refractivity contribution in [3.63, 3.8) is 0 Å². The van der Waals surface area contributed by atoms with Gasteiger partial charge in [-0.15, -0.1) is 0 Å². The molecule has 3 aromatic rings. The first-order chi connectivity index (χ1) is 15.0. The van der Waals surface area contributed by atoms with Crippen LogP contribution in [0.1, 0.15) is 41.0 Å². The number of anilines is 1. The number of para-hydroxylation sites is 1. The van der Waals surface area contributed by atoms with Gasteiger partial charge in [-0.25, -0.2) is 4.79 Å². The number of amides is 1. The predicted octanol–water partition coefficient (Wildman–Crippen LogP) is 4.11. The Labute approximate surface area is 182 Å². The number of rotatable bonds is 5. The molecular formula is C25H27N3O3. The van der Waals surface area contributed by atoms with Crippen LogP contribution >= 0.6 is 0 Å². The van der Waals surface area contributed by atoms with E-state index in [4.69, 9.17) is 9.72 Å². The number of carbonyl (C=O) groups excluding carboxylic acids is 2. The lowest BCUT2D eigenvalue weighted by molar-refractivity contribution is -0.123. The monoisotopic (exact) mass is 417 g/mol. The molecule has 1 aliphatic heterocycles. The van der Waals surface area contributed by atoms with Crippen molar-refractivity contribution in [3.8, 4) is 0 Å². The maximum atomic E-state index is 13.3.